The molecule has 0 spiro atoms. The number of amides is 1. The van der Waals surface area contributed by atoms with Crippen LogP contribution in [0.25, 0.3) is 5.69 Å². The first-order valence-electron chi connectivity index (χ1n) is 6.61. The molecule has 110 valence electrons. The molecule has 2 N–H and O–H groups in total. The van der Waals surface area contributed by atoms with Gasteiger partial charge in [0.25, 0.3) is 5.91 Å². The minimum Gasteiger partial charge on any atom is -0.392 e. The lowest BCUT2D eigenvalue weighted by Crippen LogP contribution is -2.15. The van der Waals surface area contributed by atoms with Crippen LogP contribution in [0, 0.1) is 0 Å². The van der Waals surface area contributed by atoms with Gasteiger partial charge in [-0.3, -0.25) is 4.79 Å². The molecule has 7 heteroatoms. The van der Waals surface area contributed by atoms with E-state index < -0.39 is 0 Å². The maximum atomic E-state index is 12.5. The van der Waals surface area contributed by atoms with Crippen LogP contribution in [0.1, 0.15) is 15.9 Å². The summed E-state index contributed by atoms with van der Waals surface area (Å²) in [5.74, 6) is -0.277. The van der Waals surface area contributed by atoms with Gasteiger partial charge in [-0.1, -0.05) is 24.3 Å². The number of para-hydroxylation sites is 1. The largest absolute Gasteiger partial charge is 0.392 e. The van der Waals surface area contributed by atoms with Crippen LogP contribution in [-0.4, -0.2) is 31.2 Å². The number of rotatable bonds is 4. The summed E-state index contributed by atoms with van der Waals surface area (Å²) in [6, 6.07) is 14.1. The van der Waals surface area contributed by atoms with Crippen molar-refractivity contribution in [1.29, 1.82) is 0 Å². The van der Waals surface area contributed by atoms with Gasteiger partial charge in [0.1, 0.15) is 6.33 Å². The summed E-state index contributed by atoms with van der Waals surface area (Å²) in [4.78, 5) is 12.5. The van der Waals surface area contributed by atoms with E-state index in [4.69, 9.17) is 5.11 Å². The standard InChI is InChI=1S/C15H13N5O2/c21-9-11-4-3-5-12(8-11)17-15(22)13-6-1-2-7-14(13)20-10-16-18-19-20/h1-8,10,21H,9H2,(H,17,22). The van der Waals surface area contributed by atoms with Crippen LogP contribution in [0.4, 0.5) is 5.69 Å². The molecule has 3 aromatic rings. The normalized spacial score (nSPS) is 10.4. The lowest BCUT2D eigenvalue weighted by atomic mass is 10.1. The van der Waals surface area contributed by atoms with E-state index in [-0.39, 0.29) is 12.5 Å². The Labute approximate surface area is 126 Å². The predicted molar refractivity (Wildman–Crippen MR) is 79.5 cm³/mol. The topological polar surface area (TPSA) is 92.9 Å². The zero-order valence-electron chi connectivity index (χ0n) is 11.5. The first kappa shape index (κ1) is 13.9. The molecule has 1 heterocycles. The summed E-state index contributed by atoms with van der Waals surface area (Å²) >= 11 is 0. The quantitative estimate of drug-likeness (QED) is 0.759. The Bertz CT molecular complexity index is 786. The summed E-state index contributed by atoms with van der Waals surface area (Å²) in [5.41, 5.74) is 2.38. The maximum absolute atomic E-state index is 12.5. The fourth-order valence-corrected chi connectivity index (χ4v) is 2.08. The van der Waals surface area contributed by atoms with E-state index >= 15 is 0 Å². The van der Waals surface area contributed by atoms with E-state index in [1.54, 1.807) is 48.5 Å². The van der Waals surface area contributed by atoms with Crippen LogP contribution >= 0.6 is 0 Å². The first-order chi connectivity index (χ1) is 10.8. The maximum Gasteiger partial charge on any atom is 0.257 e. The highest BCUT2D eigenvalue weighted by molar-refractivity contribution is 6.06. The highest BCUT2D eigenvalue weighted by Gasteiger charge is 2.13. The van der Waals surface area contributed by atoms with E-state index in [2.05, 4.69) is 20.8 Å². The molecule has 1 amide bonds. The van der Waals surface area contributed by atoms with Crippen LogP contribution in [0.2, 0.25) is 0 Å². The minimum absolute atomic E-state index is 0.0784. The van der Waals surface area contributed by atoms with E-state index in [9.17, 15) is 4.79 Å². The van der Waals surface area contributed by atoms with Gasteiger partial charge in [-0.15, -0.1) is 5.10 Å². The van der Waals surface area contributed by atoms with Gasteiger partial charge in [-0.05, 0) is 40.3 Å². The van der Waals surface area contributed by atoms with Crippen LogP contribution in [-0.2, 0) is 6.61 Å². The molecule has 2 aromatic carbocycles. The van der Waals surface area contributed by atoms with Crippen molar-refractivity contribution in [1.82, 2.24) is 20.2 Å². The van der Waals surface area contributed by atoms with E-state index in [0.717, 1.165) is 5.56 Å². The molecule has 0 aliphatic rings. The van der Waals surface area contributed by atoms with Gasteiger partial charge in [0.05, 0.1) is 17.9 Å². The summed E-state index contributed by atoms with van der Waals surface area (Å²) in [6.07, 6.45) is 1.43. The highest BCUT2D eigenvalue weighted by atomic mass is 16.3. The number of aromatic nitrogens is 4. The van der Waals surface area contributed by atoms with Crippen molar-refractivity contribution >= 4 is 11.6 Å². The first-order valence-corrected chi connectivity index (χ1v) is 6.61. The molecule has 0 aliphatic carbocycles. The lowest BCUT2D eigenvalue weighted by molar-refractivity contribution is 0.102. The van der Waals surface area contributed by atoms with Crippen molar-refractivity contribution < 1.29 is 9.90 Å². The number of carbonyl (C=O) groups excluding carboxylic acids is 1. The van der Waals surface area contributed by atoms with Crippen molar-refractivity contribution in [2.45, 2.75) is 6.61 Å². The van der Waals surface area contributed by atoms with Gasteiger partial charge in [0, 0.05) is 5.69 Å². The molecule has 0 fully saturated rings. The number of nitrogens with zero attached hydrogens (tertiary/aromatic N) is 4. The predicted octanol–water partition coefficient (Wildman–Crippen LogP) is 1.41. The molecule has 0 saturated heterocycles. The zero-order valence-corrected chi connectivity index (χ0v) is 11.5. The molecule has 0 bridgehead atoms. The van der Waals surface area contributed by atoms with E-state index in [1.807, 2.05) is 0 Å². The van der Waals surface area contributed by atoms with Gasteiger partial charge in [0.15, 0.2) is 0 Å². The Morgan fingerprint density at radius 2 is 2.05 bits per heavy atom. The highest BCUT2D eigenvalue weighted by Crippen LogP contribution is 2.16. The number of aliphatic hydroxyl groups is 1. The van der Waals surface area contributed by atoms with Crippen LogP contribution in [0.5, 0.6) is 0 Å². The Kier molecular flexibility index (Phi) is 3.88. The third-order valence-corrected chi connectivity index (χ3v) is 3.11. The van der Waals surface area contributed by atoms with Crippen molar-refractivity contribution in [2.75, 3.05) is 5.32 Å². The smallest absolute Gasteiger partial charge is 0.257 e. The summed E-state index contributed by atoms with van der Waals surface area (Å²) < 4.78 is 1.43. The minimum atomic E-state index is -0.277. The molecule has 3 rings (SSSR count). The van der Waals surface area contributed by atoms with Crippen molar-refractivity contribution in [3.05, 3.63) is 66.0 Å². The summed E-state index contributed by atoms with van der Waals surface area (Å²) in [5, 5.41) is 22.9. The fourth-order valence-electron chi connectivity index (χ4n) is 2.08. The third kappa shape index (κ3) is 2.84. The third-order valence-electron chi connectivity index (χ3n) is 3.11. The molecule has 7 nitrogen and oxygen atoms in total. The van der Waals surface area contributed by atoms with Crippen LogP contribution < -0.4 is 5.32 Å². The number of tetrazole rings is 1. The van der Waals surface area contributed by atoms with Gasteiger partial charge in [0.2, 0.25) is 0 Å². The van der Waals surface area contributed by atoms with Crippen molar-refractivity contribution in [3.8, 4) is 5.69 Å². The second-order valence-electron chi connectivity index (χ2n) is 4.58. The van der Waals surface area contributed by atoms with Crippen molar-refractivity contribution in [2.24, 2.45) is 0 Å². The molecular weight excluding hydrogens is 282 g/mol. The molecule has 0 atom stereocenters. The Morgan fingerprint density at radius 1 is 1.18 bits per heavy atom. The molecule has 0 saturated carbocycles. The molecule has 1 aromatic heterocycles. The van der Waals surface area contributed by atoms with Crippen LogP contribution in [0.15, 0.2) is 54.9 Å². The number of benzene rings is 2. The molecule has 0 unspecified atom stereocenters. The van der Waals surface area contributed by atoms with Crippen molar-refractivity contribution in [3.63, 3.8) is 0 Å². The van der Waals surface area contributed by atoms with Gasteiger partial charge in [-0.2, -0.15) is 4.68 Å². The van der Waals surface area contributed by atoms with Gasteiger partial charge in [-0.25, -0.2) is 0 Å². The van der Waals surface area contributed by atoms with Gasteiger partial charge >= 0.3 is 0 Å². The SMILES string of the molecule is O=C(Nc1cccc(CO)c1)c1ccccc1-n1cnnn1. The average molecular weight is 295 g/mol. The number of anilines is 1. The Hall–Kier alpha value is -3.06. The average Bonchev–Trinajstić information content (AvgIpc) is 3.09. The van der Waals surface area contributed by atoms with Crippen LogP contribution in [0.3, 0.4) is 0 Å². The van der Waals surface area contributed by atoms with E-state index in [0.29, 0.717) is 16.9 Å². The molecule has 0 radical (unpaired) electrons. The second-order valence-corrected chi connectivity index (χ2v) is 4.58. The number of hydrogen-bond donors (Lipinski definition) is 2. The number of carbonyl (C=O) groups is 1. The number of aliphatic hydroxyl groups excluding tert-OH is 1. The molecular formula is C15H13N5O2. The summed E-state index contributed by atoms with van der Waals surface area (Å²) in [7, 11) is 0. The van der Waals surface area contributed by atoms with Gasteiger partial charge < -0.3 is 10.4 Å². The monoisotopic (exact) mass is 295 g/mol. The Morgan fingerprint density at radius 3 is 2.82 bits per heavy atom. The second kappa shape index (κ2) is 6.15. The fraction of sp³-hybridized carbons (Fsp3) is 0.0667. The van der Waals surface area contributed by atoms with E-state index in [1.165, 1.54) is 11.0 Å². The number of hydrogen-bond acceptors (Lipinski definition) is 5. The number of nitrogens with one attached hydrogen (secondary N) is 1. The summed E-state index contributed by atoms with van der Waals surface area (Å²) in [6.45, 7) is -0.0784. The Balaban J connectivity index is 1.89. The molecule has 0 aliphatic heterocycles. The lowest BCUT2D eigenvalue weighted by Gasteiger charge is -2.10. The molecule has 22 heavy (non-hydrogen) atoms. The zero-order chi connectivity index (χ0) is 15.4.